The molecule has 0 saturated heterocycles. The number of imidazole rings is 1. The van der Waals surface area contributed by atoms with Crippen LogP contribution in [0.3, 0.4) is 0 Å². The Morgan fingerprint density at radius 3 is 2.93 bits per heavy atom. The van der Waals surface area contributed by atoms with E-state index >= 15 is 0 Å². The molecule has 0 bridgehead atoms. The van der Waals surface area contributed by atoms with Crippen LogP contribution in [0.25, 0.3) is 0 Å². The third kappa shape index (κ3) is 3.77. The summed E-state index contributed by atoms with van der Waals surface area (Å²) in [6.45, 7) is 1.18. The average Bonchev–Trinajstić information content (AvgIpc) is 2.63. The number of aromatic amines is 1. The number of nitrogens with zero attached hydrogens (tertiary/aromatic N) is 1. The zero-order chi connectivity index (χ0) is 11.3. The molecule has 1 rings (SSSR count). The molecule has 0 fully saturated rings. The molecule has 3 N–H and O–H groups in total. The lowest BCUT2D eigenvalue weighted by Crippen LogP contribution is -2.39. The highest BCUT2D eigenvalue weighted by atomic mass is 16.7. The lowest BCUT2D eigenvalue weighted by atomic mass is 10.2. The number of aromatic nitrogens is 2. The third-order valence-corrected chi connectivity index (χ3v) is 1.62. The Balaban J connectivity index is 2.51. The maximum Gasteiger partial charge on any atom is 0.324 e. The van der Waals surface area contributed by atoms with Gasteiger partial charge in [-0.2, -0.15) is 0 Å². The smallest absolute Gasteiger partial charge is 0.324 e. The van der Waals surface area contributed by atoms with Gasteiger partial charge in [0.1, 0.15) is 6.04 Å². The molecule has 0 aliphatic heterocycles. The fourth-order valence-electron chi connectivity index (χ4n) is 0.950. The normalized spacial score (nSPS) is 12.1. The summed E-state index contributed by atoms with van der Waals surface area (Å²) in [5, 5.41) is 8.80. The van der Waals surface area contributed by atoms with Crippen LogP contribution in [0.4, 0.5) is 0 Å². The number of H-pyrrole nitrogens is 1. The van der Waals surface area contributed by atoms with E-state index in [1.165, 1.54) is 19.4 Å². The molecule has 0 aliphatic carbocycles. The number of rotatable bonds is 5. The van der Waals surface area contributed by atoms with Crippen molar-refractivity contribution in [1.29, 1.82) is 0 Å². The SMILES string of the molecule is CC(=O)ONC(Cc1cnc[nH]1)C(=O)O. The number of hydrogen-bond acceptors (Lipinski definition) is 5. The first-order chi connectivity index (χ1) is 7.09. The van der Waals surface area contributed by atoms with Crippen LogP contribution in [0.2, 0.25) is 0 Å². The van der Waals surface area contributed by atoms with Crippen LogP contribution in [0, 0.1) is 0 Å². The van der Waals surface area contributed by atoms with E-state index in [4.69, 9.17) is 5.11 Å². The van der Waals surface area contributed by atoms with Gasteiger partial charge in [0.15, 0.2) is 0 Å². The van der Waals surface area contributed by atoms with E-state index in [1.54, 1.807) is 0 Å². The second-order valence-corrected chi connectivity index (χ2v) is 2.88. The van der Waals surface area contributed by atoms with Gasteiger partial charge >= 0.3 is 11.9 Å². The highest BCUT2D eigenvalue weighted by molar-refractivity contribution is 5.74. The van der Waals surface area contributed by atoms with Crippen molar-refractivity contribution < 1.29 is 19.5 Å². The largest absolute Gasteiger partial charge is 0.480 e. The first-order valence-corrected chi connectivity index (χ1v) is 4.22. The number of hydroxylamine groups is 1. The van der Waals surface area contributed by atoms with Gasteiger partial charge in [0.25, 0.3) is 0 Å². The van der Waals surface area contributed by atoms with Crippen LogP contribution in [-0.2, 0) is 20.8 Å². The van der Waals surface area contributed by atoms with Crippen molar-refractivity contribution in [2.75, 3.05) is 0 Å². The van der Waals surface area contributed by atoms with Crippen LogP contribution in [0.15, 0.2) is 12.5 Å². The predicted octanol–water partition coefficient (Wildman–Crippen LogP) is -0.527. The summed E-state index contributed by atoms with van der Waals surface area (Å²) in [4.78, 5) is 32.1. The maximum absolute atomic E-state index is 10.8. The fourth-order valence-corrected chi connectivity index (χ4v) is 0.950. The van der Waals surface area contributed by atoms with Crippen molar-refractivity contribution in [3.05, 3.63) is 18.2 Å². The zero-order valence-electron chi connectivity index (χ0n) is 8.06. The van der Waals surface area contributed by atoms with Crippen LogP contribution in [-0.4, -0.2) is 33.1 Å². The second kappa shape index (κ2) is 5.11. The first kappa shape index (κ1) is 11.2. The highest BCUT2D eigenvalue weighted by Crippen LogP contribution is 1.98. The monoisotopic (exact) mass is 213 g/mol. The van der Waals surface area contributed by atoms with Crippen molar-refractivity contribution >= 4 is 11.9 Å². The van der Waals surface area contributed by atoms with Crippen LogP contribution in [0.5, 0.6) is 0 Å². The van der Waals surface area contributed by atoms with Crippen LogP contribution < -0.4 is 5.48 Å². The van der Waals surface area contributed by atoms with Crippen LogP contribution in [0.1, 0.15) is 12.6 Å². The molecule has 0 aliphatic rings. The molecular weight excluding hydrogens is 202 g/mol. The molecule has 15 heavy (non-hydrogen) atoms. The number of carboxylic acid groups (broad SMARTS) is 1. The molecule has 0 saturated carbocycles. The molecule has 0 spiro atoms. The zero-order valence-corrected chi connectivity index (χ0v) is 8.06. The Morgan fingerprint density at radius 1 is 1.73 bits per heavy atom. The molecule has 0 amide bonds. The predicted molar refractivity (Wildman–Crippen MR) is 48.6 cm³/mol. The lowest BCUT2D eigenvalue weighted by molar-refractivity contribution is -0.155. The number of carbonyl (C=O) groups is 2. The van der Waals surface area contributed by atoms with E-state index in [-0.39, 0.29) is 6.42 Å². The molecule has 0 radical (unpaired) electrons. The van der Waals surface area contributed by atoms with Gasteiger partial charge in [0.2, 0.25) is 0 Å². The van der Waals surface area contributed by atoms with E-state index in [0.29, 0.717) is 5.69 Å². The minimum Gasteiger partial charge on any atom is -0.480 e. The van der Waals surface area contributed by atoms with Gasteiger partial charge in [0, 0.05) is 25.2 Å². The van der Waals surface area contributed by atoms with Crippen molar-refractivity contribution in [2.45, 2.75) is 19.4 Å². The molecule has 1 unspecified atom stereocenters. The summed E-state index contributed by atoms with van der Waals surface area (Å²) < 4.78 is 0. The Bertz CT molecular complexity index is 336. The number of aliphatic carboxylic acids is 1. The Kier molecular flexibility index (Phi) is 3.81. The fraction of sp³-hybridized carbons (Fsp3) is 0.375. The summed E-state index contributed by atoms with van der Waals surface area (Å²) in [7, 11) is 0. The molecule has 1 aromatic heterocycles. The number of carbonyl (C=O) groups excluding carboxylic acids is 1. The number of hydrogen-bond donors (Lipinski definition) is 3. The lowest BCUT2D eigenvalue weighted by Gasteiger charge is -2.11. The third-order valence-electron chi connectivity index (χ3n) is 1.62. The second-order valence-electron chi connectivity index (χ2n) is 2.88. The van der Waals surface area contributed by atoms with Gasteiger partial charge in [0.05, 0.1) is 6.33 Å². The molecule has 7 nitrogen and oxygen atoms in total. The van der Waals surface area contributed by atoms with Crippen molar-refractivity contribution in [1.82, 2.24) is 15.4 Å². The van der Waals surface area contributed by atoms with Gasteiger partial charge in [-0.3, -0.25) is 9.59 Å². The number of nitrogens with one attached hydrogen (secondary N) is 2. The standard InChI is InChI=1S/C8H11N3O4/c1-5(12)15-11-7(8(13)14)2-6-3-9-4-10-6/h3-4,7,11H,2H2,1H3,(H,9,10)(H,13,14). The van der Waals surface area contributed by atoms with E-state index in [0.717, 1.165) is 0 Å². The summed E-state index contributed by atoms with van der Waals surface area (Å²) in [6, 6.07) is -0.991. The Hall–Kier alpha value is -1.89. The maximum atomic E-state index is 10.8. The van der Waals surface area contributed by atoms with E-state index in [1.807, 2.05) is 0 Å². The number of carboxylic acids is 1. The van der Waals surface area contributed by atoms with E-state index in [2.05, 4.69) is 20.3 Å². The molecule has 82 valence electrons. The summed E-state index contributed by atoms with van der Waals surface area (Å²) in [5.74, 6) is -1.70. The molecule has 0 aromatic carbocycles. The minimum absolute atomic E-state index is 0.155. The summed E-state index contributed by atoms with van der Waals surface area (Å²) >= 11 is 0. The van der Waals surface area contributed by atoms with E-state index < -0.39 is 18.0 Å². The van der Waals surface area contributed by atoms with E-state index in [9.17, 15) is 9.59 Å². The molecule has 7 heteroatoms. The molecule has 1 heterocycles. The summed E-state index contributed by atoms with van der Waals surface area (Å²) in [6.07, 6.45) is 3.11. The average molecular weight is 213 g/mol. The molecule has 1 atom stereocenters. The minimum atomic E-state index is -1.11. The first-order valence-electron chi connectivity index (χ1n) is 4.22. The van der Waals surface area contributed by atoms with Crippen molar-refractivity contribution in [3.63, 3.8) is 0 Å². The molecular formula is C8H11N3O4. The van der Waals surface area contributed by atoms with Gasteiger partial charge in [-0.1, -0.05) is 0 Å². The highest BCUT2D eigenvalue weighted by Gasteiger charge is 2.19. The van der Waals surface area contributed by atoms with Gasteiger partial charge in [-0.25, -0.2) is 4.98 Å². The topological polar surface area (TPSA) is 104 Å². The van der Waals surface area contributed by atoms with Crippen LogP contribution >= 0.6 is 0 Å². The van der Waals surface area contributed by atoms with Gasteiger partial charge < -0.3 is 14.9 Å². The molecule has 1 aromatic rings. The van der Waals surface area contributed by atoms with Crippen molar-refractivity contribution in [2.24, 2.45) is 0 Å². The summed E-state index contributed by atoms with van der Waals surface area (Å²) in [5.41, 5.74) is 2.80. The Labute approximate surface area is 85.4 Å². The van der Waals surface area contributed by atoms with Gasteiger partial charge in [-0.15, -0.1) is 5.48 Å². The van der Waals surface area contributed by atoms with Crippen molar-refractivity contribution in [3.8, 4) is 0 Å². The quantitative estimate of drug-likeness (QED) is 0.568. The Morgan fingerprint density at radius 2 is 2.47 bits per heavy atom. The van der Waals surface area contributed by atoms with Gasteiger partial charge in [-0.05, 0) is 0 Å².